The molecule has 1 aliphatic rings. The van der Waals surface area contributed by atoms with Crippen molar-refractivity contribution in [2.45, 2.75) is 26.8 Å². The van der Waals surface area contributed by atoms with E-state index in [1.165, 1.54) is 0 Å². The average Bonchev–Trinajstić information content (AvgIpc) is 3.27. The number of halogens is 1. The number of likely N-dealkylation sites (N-methyl/N-ethyl adjacent to an activating group) is 1. The van der Waals surface area contributed by atoms with Gasteiger partial charge in [-0.05, 0) is 49.8 Å². The summed E-state index contributed by atoms with van der Waals surface area (Å²) in [5.41, 5.74) is 2.52. The van der Waals surface area contributed by atoms with Gasteiger partial charge in [-0.3, -0.25) is 14.0 Å². The summed E-state index contributed by atoms with van der Waals surface area (Å²) >= 11 is 3.49. The number of carbonyl (C=O) groups is 2. The van der Waals surface area contributed by atoms with Gasteiger partial charge in [-0.25, -0.2) is 4.98 Å². The number of aromatic nitrogens is 2. The highest BCUT2D eigenvalue weighted by Crippen LogP contribution is 2.40. The minimum Gasteiger partial charge on any atom is -0.505 e. The second-order valence-electron chi connectivity index (χ2n) is 8.05. The number of fused-ring (bicyclic) bond motifs is 1. The van der Waals surface area contributed by atoms with Gasteiger partial charge in [0.25, 0.3) is 11.7 Å². The molecule has 0 radical (unpaired) electrons. The van der Waals surface area contributed by atoms with Crippen molar-refractivity contribution in [1.29, 1.82) is 0 Å². The molecule has 0 aliphatic carbocycles. The molecule has 3 heterocycles. The van der Waals surface area contributed by atoms with Gasteiger partial charge in [0.15, 0.2) is 5.76 Å². The molecule has 8 heteroatoms. The van der Waals surface area contributed by atoms with E-state index in [1.807, 2.05) is 42.5 Å². The van der Waals surface area contributed by atoms with Crippen molar-refractivity contribution in [3.8, 4) is 0 Å². The predicted molar refractivity (Wildman–Crippen MR) is 131 cm³/mol. The molecule has 1 aromatic carbocycles. The molecule has 0 spiro atoms. The van der Waals surface area contributed by atoms with Crippen LogP contribution in [0.25, 0.3) is 11.4 Å². The number of nitrogens with zero attached hydrogens (tertiary/aromatic N) is 4. The largest absolute Gasteiger partial charge is 0.505 e. The molecule has 1 N–H and O–H groups in total. The number of imidazole rings is 1. The molecule has 1 atom stereocenters. The van der Waals surface area contributed by atoms with Crippen LogP contribution in [0.3, 0.4) is 0 Å². The Bertz CT molecular complexity index is 1250. The van der Waals surface area contributed by atoms with E-state index in [2.05, 4.69) is 39.7 Å². The van der Waals surface area contributed by atoms with Gasteiger partial charge < -0.3 is 14.9 Å². The Balaban J connectivity index is 1.88. The van der Waals surface area contributed by atoms with Crippen molar-refractivity contribution < 1.29 is 14.7 Å². The van der Waals surface area contributed by atoms with E-state index in [-0.39, 0.29) is 11.3 Å². The smallest absolute Gasteiger partial charge is 0.295 e. The number of pyridine rings is 1. The number of carbonyl (C=O) groups excluding carboxylic acids is 2. The molecule has 33 heavy (non-hydrogen) atoms. The summed E-state index contributed by atoms with van der Waals surface area (Å²) in [5, 5.41) is 11.5. The highest BCUT2D eigenvalue weighted by Gasteiger charge is 2.46. The number of hydrogen-bond donors (Lipinski definition) is 1. The van der Waals surface area contributed by atoms with Crippen molar-refractivity contribution in [2.24, 2.45) is 0 Å². The summed E-state index contributed by atoms with van der Waals surface area (Å²) in [5.74, 6) is -1.48. The molecule has 0 unspecified atom stereocenters. The maximum absolute atomic E-state index is 13.3. The second-order valence-corrected chi connectivity index (χ2v) is 8.96. The summed E-state index contributed by atoms with van der Waals surface area (Å²) in [7, 11) is 0. The SMILES string of the molecule is CCN(CC)CCN1C(=O)C(=O)/C(=C(/O)c2c(C)nc3ccccn23)[C@H]1c1cccc(Br)c1. The van der Waals surface area contributed by atoms with Crippen LogP contribution < -0.4 is 0 Å². The van der Waals surface area contributed by atoms with E-state index in [1.54, 1.807) is 22.4 Å². The van der Waals surface area contributed by atoms with Gasteiger partial charge in [-0.15, -0.1) is 0 Å². The number of amides is 1. The quantitative estimate of drug-likeness (QED) is 0.293. The topological polar surface area (TPSA) is 78.2 Å². The Morgan fingerprint density at radius 3 is 2.61 bits per heavy atom. The zero-order valence-electron chi connectivity index (χ0n) is 19.0. The van der Waals surface area contributed by atoms with Crippen molar-refractivity contribution in [3.05, 3.63) is 75.7 Å². The van der Waals surface area contributed by atoms with E-state index in [4.69, 9.17) is 0 Å². The third-order valence-corrected chi connectivity index (χ3v) is 6.68. The lowest BCUT2D eigenvalue weighted by Crippen LogP contribution is -2.38. The van der Waals surface area contributed by atoms with Gasteiger partial charge >= 0.3 is 0 Å². The highest BCUT2D eigenvalue weighted by molar-refractivity contribution is 9.10. The van der Waals surface area contributed by atoms with Crippen LogP contribution in [-0.4, -0.2) is 62.2 Å². The summed E-state index contributed by atoms with van der Waals surface area (Å²) < 4.78 is 2.58. The number of rotatable bonds is 7. The zero-order chi connectivity index (χ0) is 23.7. The lowest BCUT2D eigenvalue weighted by Gasteiger charge is -2.28. The van der Waals surface area contributed by atoms with Crippen LogP contribution in [-0.2, 0) is 9.59 Å². The van der Waals surface area contributed by atoms with E-state index in [0.717, 1.165) is 23.1 Å². The standard InChI is InChI=1S/C25H27BrN4O3/c1-4-28(5-2)13-14-30-22(17-9-8-10-18(26)15-17)20(24(32)25(30)33)23(31)21-16(3)27-19-11-6-7-12-29(19)21/h6-12,15,22,31H,4-5,13-14H2,1-3H3/b23-20+/t22-/m1/s1. The van der Waals surface area contributed by atoms with Gasteiger partial charge in [-0.1, -0.05) is 48.0 Å². The first-order valence-electron chi connectivity index (χ1n) is 11.1. The van der Waals surface area contributed by atoms with Crippen molar-refractivity contribution >= 4 is 39.0 Å². The number of Topliss-reactive ketones (excluding diaryl/α,β-unsaturated/α-hetero) is 1. The summed E-state index contributed by atoms with van der Waals surface area (Å²) in [6, 6.07) is 12.3. The monoisotopic (exact) mass is 510 g/mol. The molecule has 0 bridgehead atoms. The first-order valence-corrected chi connectivity index (χ1v) is 11.9. The molecule has 172 valence electrons. The van der Waals surface area contributed by atoms with Crippen LogP contribution in [0.15, 0.2) is 58.7 Å². The van der Waals surface area contributed by atoms with Crippen LogP contribution in [0.2, 0.25) is 0 Å². The number of ketones is 1. The van der Waals surface area contributed by atoms with Gasteiger partial charge in [-0.2, -0.15) is 0 Å². The molecule has 1 saturated heterocycles. The fraction of sp³-hybridized carbons (Fsp3) is 0.320. The van der Waals surface area contributed by atoms with Crippen molar-refractivity contribution in [3.63, 3.8) is 0 Å². The molecule has 1 amide bonds. The minimum atomic E-state index is -0.688. The third kappa shape index (κ3) is 4.20. The fourth-order valence-electron chi connectivity index (χ4n) is 4.45. The van der Waals surface area contributed by atoms with E-state index in [0.29, 0.717) is 30.1 Å². The lowest BCUT2D eigenvalue weighted by atomic mass is 9.96. The van der Waals surface area contributed by atoms with Crippen LogP contribution >= 0.6 is 15.9 Å². The molecule has 2 aromatic heterocycles. The molecule has 0 saturated carbocycles. The van der Waals surface area contributed by atoms with E-state index >= 15 is 0 Å². The van der Waals surface area contributed by atoms with Gasteiger partial charge in [0.1, 0.15) is 11.3 Å². The summed E-state index contributed by atoms with van der Waals surface area (Å²) in [4.78, 5) is 34.7. The van der Waals surface area contributed by atoms with Crippen molar-refractivity contribution in [1.82, 2.24) is 19.2 Å². The molecule has 7 nitrogen and oxygen atoms in total. The van der Waals surface area contributed by atoms with Crippen LogP contribution in [0.4, 0.5) is 0 Å². The Hall–Kier alpha value is -2.97. The van der Waals surface area contributed by atoms with Gasteiger partial charge in [0, 0.05) is 23.8 Å². The van der Waals surface area contributed by atoms with Gasteiger partial charge in [0.2, 0.25) is 0 Å². The van der Waals surface area contributed by atoms with Crippen LogP contribution in [0, 0.1) is 6.92 Å². The molecule has 1 aliphatic heterocycles. The zero-order valence-corrected chi connectivity index (χ0v) is 20.5. The normalized spacial score (nSPS) is 18.1. The van der Waals surface area contributed by atoms with Crippen molar-refractivity contribution in [2.75, 3.05) is 26.2 Å². The molecular weight excluding hydrogens is 484 g/mol. The predicted octanol–water partition coefficient (Wildman–Crippen LogP) is 4.17. The fourth-order valence-corrected chi connectivity index (χ4v) is 4.87. The van der Waals surface area contributed by atoms with E-state index in [9.17, 15) is 14.7 Å². The minimum absolute atomic E-state index is 0.0893. The number of aliphatic hydroxyl groups excluding tert-OH is 1. The number of benzene rings is 1. The van der Waals surface area contributed by atoms with Gasteiger partial charge in [0.05, 0.1) is 17.3 Å². The number of aryl methyl sites for hydroxylation is 1. The molecule has 4 rings (SSSR count). The Kier molecular flexibility index (Phi) is 6.67. The average molecular weight is 511 g/mol. The summed E-state index contributed by atoms with van der Waals surface area (Å²) in [6.45, 7) is 8.64. The number of hydrogen-bond acceptors (Lipinski definition) is 5. The first-order chi connectivity index (χ1) is 15.9. The first kappa shape index (κ1) is 23.2. The Morgan fingerprint density at radius 1 is 1.15 bits per heavy atom. The Labute approximate surface area is 201 Å². The molecular formula is C25H27BrN4O3. The number of likely N-dealkylation sites (tertiary alicyclic amines) is 1. The highest BCUT2D eigenvalue weighted by atomic mass is 79.9. The lowest BCUT2D eigenvalue weighted by molar-refractivity contribution is -0.140. The second kappa shape index (κ2) is 9.49. The summed E-state index contributed by atoms with van der Waals surface area (Å²) in [6.07, 6.45) is 1.79. The van der Waals surface area contributed by atoms with Crippen LogP contribution in [0.1, 0.15) is 36.8 Å². The maximum atomic E-state index is 13.3. The van der Waals surface area contributed by atoms with Crippen LogP contribution in [0.5, 0.6) is 0 Å². The number of aliphatic hydroxyl groups is 1. The molecule has 1 fully saturated rings. The Morgan fingerprint density at radius 2 is 1.91 bits per heavy atom. The third-order valence-electron chi connectivity index (χ3n) is 6.18. The molecule has 3 aromatic rings. The maximum Gasteiger partial charge on any atom is 0.295 e. The van der Waals surface area contributed by atoms with E-state index < -0.39 is 17.7 Å².